The molecule has 0 aromatic carbocycles. The molecule has 0 aromatic rings. The largest absolute Gasteiger partial charge is 0.453 e. The van der Waals surface area contributed by atoms with Crippen LogP contribution in [0.4, 0.5) is 4.79 Å². The summed E-state index contributed by atoms with van der Waals surface area (Å²) in [4.78, 5) is 10.7. The molecule has 0 aliphatic heterocycles. The van der Waals surface area contributed by atoms with Crippen molar-refractivity contribution < 1.29 is 9.53 Å². The second-order valence-electron chi connectivity index (χ2n) is 4.40. The Hall–Kier alpha value is -0.770. The Morgan fingerprint density at radius 1 is 1.54 bits per heavy atom. The highest BCUT2D eigenvalue weighted by atomic mass is 16.5. The maximum absolute atomic E-state index is 10.7. The molecule has 1 unspecified atom stereocenters. The van der Waals surface area contributed by atoms with Crippen molar-refractivity contribution in [2.45, 2.75) is 33.2 Å². The van der Waals surface area contributed by atoms with Gasteiger partial charge in [0, 0.05) is 12.6 Å². The third kappa shape index (κ3) is 7.59. The Balaban J connectivity index is 3.63. The monoisotopic (exact) mass is 188 g/mol. The highest BCUT2D eigenvalue weighted by Gasteiger charge is 2.15. The van der Waals surface area contributed by atoms with Gasteiger partial charge in [0.05, 0.1) is 7.11 Å². The smallest absolute Gasteiger partial charge is 0.406 e. The Bertz CT molecular complexity index is 163. The Morgan fingerprint density at radius 3 is 2.46 bits per heavy atom. The molecule has 1 atom stereocenters. The predicted octanol–water partition coefficient (Wildman–Crippen LogP) is 1.11. The van der Waals surface area contributed by atoms with Crippen LogP contribution in [0.2, 0.25) is 0 Å². The Morgan fingerprint density at radius 2 is 2.08 bits per heavy atom. The molecule has 4 nitrogen and oxygen atoms in total. The lowest BCUT2D eigenvalue weighted by Gasteiger charge is -2.22. The maximum atomic E-state index is 10.7. The first-order chi connectivity index (χ1) is 5.85. The Kier molecular flexibility index (Phi) is 4.77. The molecule has 0 rings (SSSR count). The van der Waals surface area contributed by atoms with Crippen molar-refractivity contribution in [3.8, 4) is 0 Å². The normalized spacial score (nSPS) is 13.6. The molecule has 0 aliphatic carbocycles. The van der Waals surface area contributed by atoms with Crippen LogP contribution in [0.25, 0.3) is 0 Å². The summed E-state index contributed by atoms with van der Waals surface area (Å²) in [5.74, 6) is 0. The minimum atomic E-state index is -0.427. The third-order valence-electron chi connectivity index (χ3n) is 1.57. The SMILES string of the molecule is COC(=O)NCC(N)CC(C)(C)C. The molecule has 0 spiro atoms. The lowest BCUT2D eigenvalue weighted by Crippen LogP contribution is -2.39. The van der Waals surface area contributed by atoms with Gasteiger partial charge in [0.25, 0.3) is 0 Å². The minimum absolute atomic E-state index is 0.0147. The molecule has 0 saturated heterocycles. The van der Waals surface area contributed by atoms with Crippen molar-refractivity contribution in [3.05, 3.63) is 0 Å². The van der Waals surface area contributed by atoms with E-state index in [1.54, 1.807) is 0 Å². The van der Waals surface area contributed by atoms with Crippen LogP contribution in [0.5, 0.6) is 0 Å². The first kappa shape index (κ1) is 12.2. The van der Waals surface area contributed by atoms with Gasteiger partial charge in [0.2, 0.25) is 0 Å². The topological polar surface area (TPSA) is 64.3 Å². The summed E-state index contributed by atoms with van der Waals surface area (Å²) in [6.07, 6.45) is 0.445. The minimum Gasteiger partial charge on any atom is -0.453 e. The fourth-order valence-corrected chi connectivity index (χ4v) is 1.15. The van der Waals surface area contributed by atoms with Crippen molar-refractivity contribution in [2.24, 2.45) is 11.1 Å². The second-order valence-corrected chi connectivity index (χ2v) is 4.40. The number of hydrogen-bond acceptors (Lipinski definition) is 3. The molecule has 0 heterocycles. The lowest BCUT2D eigenvalue weighted by atomic mass is 9.88. The van der Waals surface area contributed by atoms with Crippen LogP contribution in [0, 0.1) is 5.41 Å². The van der Waals surface area contributed by atoms with E-state index >= 15 is 0 Å². The van der Waals surface area contributed by atoms with E-state index in [0.29, 0.717) is 6.54 Å². The molecule has 78 valence electrons. The molecule has 4 heteroatoms. The molecule has 0 aliphatic rings. The summed E-state index contributed by atoms with van der Waals surface area (Å²) in [6, 6.07) is -0.0147. The van der Waals surface area contributed by atoms with E-state index in [-0.39, 0.29) is 11.5 Å². The number of nitrogens with one attached hydrogen (secondary N) is 1. The van der Waals surface area contributed by atoms with Gasteiger partial charge in [-0.2, -0.15) is 0 Å². The molecule has 13 heavy (non-hydrogen) atoms. The summed E-state index contributed by atoms with van der Waals surface area (Å²) in [5, 5.41) is 2.57. The van der Waals surface area contributed by atoms with Gasteiger partial charge in [-0.25, -0.2) is 4.79 Å². The highest BCUT2D eigenvalue weighted by molar-refractivity contribution is 5.66. The fraction of sp³-hybridized carbons (Fsp3) is 0.889. The molecule has 0 aromatic heterocycles. The zero-order valence-corrected chi connectivity index (χ0v) is 8.89. The van der Waals surface area contributed by atoms with Crippen molar-refractivity contribution >= 4 is 6.09 Å². The van der Waals surface area contributed by atoms with Crippen LogP contribution in [-0.2, 0) is 4.74 Å². The van der Waals surface area contributed by atoms with E-state index in [2.05, 4.69) is 30.8 Å². The molecular formula is C9H20N2O2. The molecule has 0 saturated carbocycles. The number of ether oxygens (including phenoxy) is 1. The number of alkyl carbamates (subject to hydrolysis) is 1. The summed E-state index contributed by atoms with van der Waals surface area (Å²) in [6.45, 7) is 6.81. The third-order valence-corrected chi connectivity index (χ3v) is 1.57. The van der Waals surface area contributed by atoms with E-state index in [1.807, 2.05) is 0 Å². The fourth-order valence-electron chi connectivity index (χ4n) is 1.15. The van der Waals surface area contributed by atoms with Gasteiger partial charge in [-0.05, 0) is 11.8 Å². The van der Waals surface area contributed by atoms with E-state index in [9.17, 15) is 4.79 Å². The van der Waals surface area contributed by atoms with Gasteiger partial charge in [-0.15, -0.1) is 0 Å². The molecule has 1 amide bonds. The van der Waals surface area contributed by atoms with Crippen molar-refractivity contribution in [3.63, 3.8) is 0 Å². The summed E-state index contributed by atoms with van der Waals surface area (Å²) >= 11 is 0. The average molecular weight is 188 g/mol. The Labute approximate surface area is 79.8 Å². The number of carbonyl (C=O) groups excluding carboxylic acids is 1. The first-order valence-electron chi connectivity index (χ1n) is 4.42. The molecule has 0 radical (unpaired) electrons. The quantitative estimate of drug-likeness (QED) is 0.697. The van der Waals surface area contributed by atoms with Gasteiger partial charge < -0.3 is 15.8 Å². The summed E-state index contributed by atoms with van der Waals surface area (Å²) in [5.41, 5.74) is 5.98. The van der Waals surface area contributed by atoms with E-state index in [4.69, 9.17) is 5.73 Å². The first-order valence-corrected chi connectivity index (χ1v) is 4.42. The number of rotatable bonds is 3. The molecular weight excluding hydrogens is 168 g/mol. The van der Waals surface area contributed by atoms with Gasteiger partial charge in [0.1, 0.15) is 0 Å². The van der Waals surface area contributed by atoms with Crippen molar-refractivity contribution in [1.29, 1.82) is 0 Å². The number of carbonyl (C=O) groups is 1. The van der Waals surface area contributed by atoms with Crippen molar-refractivity contribution in [1.82, 2.24) is 5.32 Å². The molecule has 0 fully saturated rings. The van der Waals surface area contributed by atoms with Crippen LogP contribution >= 0.6 is 0 Å². The molecule has 3 N–H and O–H groups in total. The van der Waals surface area contributed by atoms with Crippen LogP contribution in [0.1, 0.15) is 27.2 Å². The van der Waals surface area contributed by atoms with E-state index < -0.39 is 6.09 Å². The lowest BCUT2D eigenvalue weighted by molar-refractivity contribution is 0.169. The van der Waals surface area contributed by atoms with Gasteiger partial charge >= 0.3 is 6.09 Å². The van der Waals surface area contributed by atoms with Crippen LogP contribution in [-0.4, -0.2) is 25.8 Å². The number of hydrogen-bond donors (Lipinski definition) is 2. The second kappa shape index (κ2) is 5.07. The van der Waals surface area contributed by atoms with Gasteiger partial charge in [-0.1, -0.05) is 20.8 Å². The van der Waals surface area contributed by atoms with E-state index in [1.165, 1.54) is 7.11 Å². The number of nitrogens with two attached hydrogens (primary N) is 1. The average Bonchev–Trinajstić information content (AvgIpc) is 1.97. The predicted molar refractivity (Wildman–Crippen MR) is 52.5 cm³/mol. The van der Waals surface area contributed by atoms with E-state index in [0.717, 1.165) is 6.42 Å². The summed E-state index contributed by atoms with van der Waals surface area (Å²) in [7, 11) is 1.34. The number of amides is 1. The maximum Gasteiger partial charge on any atom is 0.406 e. The zero-order valence-electron chi connectivity index (χ0n) is 8.89. The van der Waals surface area contributed by atoms with Crippen LogP contribution in [0.3, 0.4) is 0 Å². The summed E-state index contributed by atoms with van der Waals surface area (Å²) < 4.78 is 4.43. The number of methoxy groups -OCH3 is 1. The van der Waals surface area contributed by atoms with Gasteiger partial charge in [-0.3, -0.25) is 0 Å². The zero-order chi connectivity index (χ0) is 10.5. The van der Waals surface area contributed by atoms with Crippen molar-refractivity contribution in [2.75, 3.05) is 13.7 Å². The van der Waals surface area contributed by atoms with Crippen LogP contribution < -0.4 is 11.1 Å². The van der Waals surface area contributed by atoms with Crippen LogP contribution in [0.15, 0.2) is 0 Å². The highest BCUT2D eigenvalue weighted by Crippen LogP contribution is 2.19. The molecule has 0 bridgehead atoms. The standard InChI is InChI=1S/C9H20N2O2/c1-9(2,3)5-7(10)6-11-8(12)13-4/h7H,5-6,10H2,1-4H3,(H,11,12). The van der Waals surface area contributed by atoms with Gasteiger partial charge in [0.15, 0.2) is 0 Å².